The summed E-state index contributed by atoms with van der Waals surface area (Å²) in [5, 5.41) is 8.33. The molecule has 19 heavy (non-hydrogen) atoms. The number of amides is 2. The molecular weight excluding hydrogens is 288 g/mol. The Morgan fingerprint density at radius 2 is 2.16 bits per heavy atom. The molecule has 2 amide bonds. The second-order valence-electron chi connectivity index (χ2n) is 3.79. The highest BCUT2D eigenvalue weighted by Crippen LogP contribution is 2.19. The Labute approximate surface area is 116 Å². The maximum absolute atomic E-state index is 11.6. The summed E-state index contributed by atoms with van der Waals surface area (Å²) >= 11 is 1.25. The number of hydrogen-bond donors (Lipinski definition) is 0. The van der Waals surface area contributed by atoms with E-state index in [2.05, 4.69) is 16.8 Å². The van der Waals surface area contributed by atoms with Crippen LogP contribution >= 0.6 is 11.8 Å². The molecule has 1 unspecified atom stereocenters. The Bertz CT molecular complexity index is 529. The molecule has 1 atom stereocenters. The number of carbonyl (C=O) groups excluding carboxylic acids is 2. The van der Waals surface area contributed by atoms with Crippen LogP contribution in [-0.4, -0.2) is 61.3 Å². The Morgan fingerprint density at radius 3 is 2.74 bits per heavy atom. The number of carbonyl (C=O) groups is 2. The van der Waals surface area contributed by atoms with Crippen molar-refractivity contribution in [3.05, 3.63) is 12.7 Å². The fraction of sp³-hybridized carbons (Fsp3) is 0.400. The van der Waals surface area contributed by atoms with Crippen LogP contribution in [0, 0.1) is 0 Å². The van der Waals surface area contributed by atoms with Crippen LogP contribution < -0.4 is 0 Å². The number of nitrogens with zero attached hydrogens (tertiary/aromatic N) is 4. The smallest absolute Gasteiger partial charge is 0.241 e. The third-order valence-corrected chi connectivity index (χ3v) is 4.73. The number of rotatable bonds is 3. The minimum atomic E-state index is -1.46. The van der Waals surface area contributed by atoms with Crippen LogP contribution in [0.25, 0.3) is 0 Å². The average Bonchev–Trinajstić information content (AvgIpc) is 2.82. The van der Waals surface area contributed by atoms with E-state index in [1.807, 2.05) is 0 Å². The summed E-state index contributed by atoms with van der Waals surface area (Å²) in [6.45, 7) is 3.92. The van der Waals surface area contributed by atoms with Gasteiger partial charge in [-0.3, -0.25) is 23.6 Å². The Balaban J connectivity index is 2.22. The summed E-state index contributed by atoms with van der Waals surface area (Å²) in [6, 6.07) is 0. The molecule has 0 aromatic carbocycles. The van der Waals surface area contributed by atoms with Crippen LogP contribution in [0.3, 0.4) is 0 Å². The summed E-state index contributed by atoms with van der Waals surface area (Å²) in [4.78, 5) is 25.6. The molecule has 0 aromatic heterocycles. The van der Waals surface area contributed by atoms with Gasteiger partial charge in [0.1, 0.15) is 16.6 Å². The minimum Gasteiger partial charge on any atom is -0.290 e. The quantitative estimate of drug-likeness (QED) is 0.524. The van der Waals surface area contributed by atoms with E-state index in [9.17, 15) is 13.8 Å². The predicted octanol–water partition coefficient (Wildman–Crippen LogP) is -0.405. The van der Waals surface area contributed by atoms with Crippen molar-refractivity contribution in [3.8, 4) is 0 Å². The maximum atomic E-state index is 11.6. The van der Waals surface area contributed by atoms with Gasteiger partial charge in [0.15, 0.2) is 5.17 Å². The van der Waals surface area contributed by atoms with Gasteiger partial charge in [-0.1, -0.05) is 17.8 Å². The molecule has 2 heterocycles. The first-order chi connectivity index (χ1) is 9.04. The largest absolute Gasteiger partial charge is 0.290 e. The highest BCUT2D eigenvalue weighted by Gasteiger charge is 2.32. The highest BCUT2D eigenvalue weighted by atomic mass is 32.2. The lowest BCUT2D eigenvalue weighted by atomic mass is 10.5. The van der Waals surface area contributed by atoms with Crippen LogP contribution in [0.5, 0.6) is 0 Å². The summed E-state index contributed by atoms with van der Waals surface area (Å²) < 4.78 is 11.6. The molecule has 0 spiro atoms. The third-order valence-electron chi connectivity index (χ3n) is 2.51. The Kier molecular flexibility index (Phi) is 4.15. The zero-order chi connectivity index (χ0) is 14.0. The molecule has 7 nitrogen and oxygen atoms in total. The van der Waals surface area contributed by atoms with Crippen molar-refractivity contribution in [2.75, 3.05) is 25.1 Å². The fourth-order valence-corrected chi connectivity index (χ4v) is 3.44. The first-order valence-electron chi connectivity index (χ1n) is 5.39. The van der Waals surface area contributed by atoms with E-state index in [0.717, 1.165) is 0 Å². The predicted molar refractivity (Wildman–Crippen MR) is 75.0 cm³/mol. The molecule has 0 aliphatic carbocycles. The molecule has 0 saturated carbocycles. The van der Waals surface area contributed by atoms with Crippen LogP contribution in [0.4, 0.5) is 0 Å². The van der Waals surface area contributed by atoms with Crippen molar-refractivity contribution in [3.63, 3.8) is 0 Å². The lowest BCUT2D eigenvalue weighted by Gasteiger charge is -2.12. The van der Waals surface area contributed by atoms with Gasteiger partial charge in [-0.25, -0.2) is 0 Å². The van der Waals surface area contributed by atoms with Crippen molar-refractivity contribution in [2.45, 2.75) is 0 Å². The van der Waals surface area contributed by atoms with Crippen LogP contribution in [0.1, 0.15) is 0 Å². The summed E-state index contributed by atoms with van der Waals surface area (Å²) in [7, 11) is 0.0426. The molecule has 9 heteroatoms. The van der Waals surface area contributed by atoms with Gasteiger partial charge in [0.25, 0.3) is 0 Å². The van der Waals surface area contributed by atoms with E-state index in [1.54, 1.807) is 6.08 Å². The molecule has 2 saturated heterocycles. The molecule has 2 aliphatic heterocycles. The molecule has 2 fully saturated rings. The third kappa shape index (κ3) is 2.76. The van der Waals surface area contributed by atoms with Gasteiger partial charge in [-0.15, -0.1) is 16.8 Å². The molecule has 0 N–H and O–H groups in total. The molecule has 2 rings (SSSR count). The molecule has 0 radical (unpaired) electrons. The van der Waals surface area contributed by atoms with Gasteiger partial charge in [0, 0.05) is 13.6 Å². The molecular formula is C10H12N4O3S2. The van der Waals surface area contributed by atoms with Gasteiger partial charge in [-0.2, -0.15) is 0 Å². The summed E-state index contributed by atoms with van der Waals surface area (Å²) in [5.41, 5.74) is 0. The van der Waals surface area contributed by atoms with E-state index in [-0.39, 0.29) is 22.7 Å². The molecule has 0 bridgehead atoms. The van der Waals surface area contributed by atoms with Gasteiger partial charge in [0.2, 0.25) is 17.0 Å². The summed E-state index contributed by atoms with van der Waals surface area (Å²) in [5.74, 6) is -0.0888. The number of amidine groups is 2. The lowest BCUT2D eigenvalue weighted by Crippen LogP contribution is -2.29. The molecule has 2 aliphatic rings. The zero-order valence-corrected chi connectivity index (χ0v) is 11.9. The van der Waals surface area contributed by atoms with Gasteiger partial charge in [-0.05, 0) is 0 Å². The fourth-order valence-electron chi connectivity index (χ4n) is 1.51. The first kappa shape index (κ1) is 13.9. The second kappa shape index (κ2) is 5.66. The lowest BCUT2D eigenvalue weighted by molar-refractivity contribution is -0.124. The van der Waals surface area contributed by atoms with E-state index in [4.69, 9.17) is 0 Å². The monoisotopic (exact) mass is 300 g/mol. The van der Waals surface area contributed by atoms with Crippen LogP contribution in [0.15, 0.2) is 22.9 Å². The standard InChI is InChI=1S/C10H12N4O3S2/c1-3-4-14-7(15)5-18-9(14)11-12-10-13(2)8(16)6-19(10)17/h3H,1,4-6H2,2H3/b11-9+,12-10+. The highest BCUT2D eigenvalue weighted by molar-refractivity contribution is 8.15. The van der Waals surface area contributed by atoms with Gasteiger partial charge >= 0.3 is 0 Å². The normalized spacial score (nSPS) is 27.9. The zero-order valence-electron chi connectivity index (χ0n) is 10.2. The van der Waals surface area contributed by atoms with Crippen molar-refractivity contribution in [2.24, 2.45) is 10.2 Å². The second-order valence-corrected chi connectivity index (χ2v) is 6.08. The molecule has 0 aromatic rings. The maximum Gasteiger partial charge on any atom is 0.241 e. The first-order valence-corrected chi connectivity index (χ1v) is 7.69. The topological polar surface area (TPSA) is 82.4 Å². The van der Waals surface area contributed by atoms with Crippen LogP contribution in [0.2, 0.25) is 0 Å². The minimum absolute atomic E-state index is 0.0668. The Morgan fingerprint density at radius 1 is 1.42 bits per heavy atom. The number of thioether (sulfide) groups is 1. The van der Waals surface area contributed by atoms with E-state index >= 15 is 0 Å². The van der Waals surface area contributed by atoms with Crippen molar-refractivity contribution in [1.82, 2.24) is 9.80 Å². The molecule has 102 valence electrons. The van der Waals surface area contributed by atoms with E-state index < -0.39 is 10.8 Å². The van der Waals surface area contributed by atoms with Crippen molar-refractivity contribution < 1.29 is 13.8 Å². The average molecular weight is 300 g/mol. The van der Waals surface area contributed by atoms with E-state index in [0.29, 0.717) is 17.5 Å². The van der Waals surface area contributed by atoms with Gasteiger partial charge in [0.05, 0.1) is 5.75 Å². The van der Waals surface area contributed by atoms with Crippen LogP contribution in [-0.2, 0) is 20.4 Å². The number of hydrogen-bond acceptors (Lipinski definition) is 6. The Hall–Kier alpha value is -1.48. The summed E-state index contributed by atoms with van der Waals surface area (Å²) in [6.07, 6.45) is 1.59. The van der Waals surface area contributed by atoms with E-state index in [1.165, 1.54) is 28.6 Å². The van der Waals surface area contributed by atoms with Gasteiger partial charge < -0.3 is 0 Å². The van der Waals surface area contributed by atoms with Crippen molar-refractivity contribution in [1.29, 1.82) is 0 Å². The SMILES string of the molecule is C=CCN1C(=O)CS/C1=N/N=C1\N(C)C(=O)CS1=O. The van der Waals surface area contributed by atoms with Crippen molar-refractivity contribution >= 4 is 44.7 Å².